The second-order valence-electron chi connectivity index (χ2n) is 2.79. The van der Waals surface area contributed by atoms with E-state index < -0.39 is 0 Å². The number of hydrogen-bond acceptors (Lipinski definition) is 3. The molecule has 1 aromatic carbocycles. The van der Waals surface area contributed by atoms with Crippen LogP contribution in [0.15, 0.2) is 30.3 Å². The minimum Gasteiger partial charge on any atom is -0.448 e. The summed E-state index contributed by atoms with van der Waals surface area (Å²) < 4.78 is 5.20. The summed E-state index contributed by atoms with van der Waals surface area (Å²) in [5, 5.41) is 0. The van der Waals surface area contributed by atoms with E-state index in [1.54, 1.807) is 23.9 Å². The van der Waals surface area contributed by atoms with Gasteiger partial charge in [0.05, 0.1) is 5.56 Å². The quantitative estimate of drug-likeness (QED) is 0.564. The molecule has 0 amide bonds. The molecule has 3 heteroatoms. The lowest BCUT2D eigenvalue weighted by atomic mass is 10.2. The van der Waals surface area contributed by atoms with Crippen LogP contribution < -0.4 is 0 Å². The summed E-state index contributed by atoms with van der Waals surface area (Å²) >= 11 is 1.61. The predicted molar refractivity (Wildman–Crippen MR) is 59.5 cm³/mol. The van der Waals surface area contributed by atoms with Gasteiger partial charge < -0.3 is 4.74 Å². The molecule has 0 bridgehead atoms. The van der Waals surface area contributed by atoms with Crippen LogP contribution in [0.2, 0.25) is 0 Å². The Bertz CT molecular complexity index is 285. The lowest BCUT2D eigenvalue weighted by molar-refractivity contribution is 0.0482. The van der Waals surface area contributed by atoms with E-state index in [0.717, 1.165) is 5.75 Å². The molecule has 14 heavy (non-hydrogen) atoms. The van der Waals surface area contributed by atoms with Gasteiger partial charge in [0.15, 0.2) is 0 Å². The molecule has 76 valence electrons. The molecule has 1 rings (SSSR count). The first-order valence-corrected chi connectivity index (χ1v) is 5.66. The van der Waals surface area contributed by atoms with Crippen molar-refractivity contribution in [1.82, 2.24) is 0 Å². The zero-order valence-corrected chi connectivity index (χ0v) is 9.21. The Balaban J connectivity index is 2.51. The lowest BCUT2D eigenvalue weighted by Gasteiger charge is -2.11. The minimum absolute atomic E-state index is 0.0762. The molecule has 0 saturated carbocycles. The predicted octanol–water partition coefficient (Wildman–Crippen LogP) is 2.94. The van der Waals surface area contributed by atoms with Gasteiger partial charge in [-0.3, -0.25) is 0 Å². The van der Waals surface area contributed by atoms with E-state index in [4.69, 9.17) is 4.74 Å². The Morgan fingerprint density at radius 2 is 2.07 bits per heavy atom. The van der Waals surface area contributed by atoms with Gasteiger partial charge in [-0.15, -0.1) is 11.8 Å². The zero-order chi connectivity index (χ0) is 10.4. The first-order valence-electron chi connectivity index (χ1n) is 4.61. The fourth-order valence-electron chi connectivity index (χ4n) is 1.06. The summed E-state index contributed by atoms with van der Waals surface area (Å²) in [7, 11) is 0. The van der Waals surface area contributed by atoms with E-state index in [0.29, 0.717) is 5.56 Å². The smallest absolute Gasteiger partial charge is 0.339 e. The third kappa shape index (κ3) is 3.42. The van der Waals surface area contributed by atoms with Crippen LogP contribution in [0.25, 0.3) is 0 Å². The van der Waals surface area contributed by atoms with E-state index in [-0.39, 0.29) is 11.4 Å². The van der Waals surface area contributed by atoms with Gasteiger partial charge in [0.1, 0.15) is 5.44 Å². The maximum Gasteiger partial charge on any atom is 0.339 e. The Morgan fingerprint density at radius 3 is 2.64 bits per heavy atom. The van der Waals surface area contributed by atoms with E-state index >= 15 is 0 Å². The molecule has 0 spiro atoms. The van der Waals surface area contributed by atoms with Crippen molar-refractivity contribution in [3.05, 3.63) is 35.9 Å². The number of rotatable bonds is 4. The fraction of sp³-hybridized carbons (Fsp3) is 0.364. The Hall–Kier alpha value is -0.960. The van der Waals surface area contributed by atoms with Crippen molar-refractivity contribution in [1.29, 1.82) is 0 Å². The number of carbonyl (C=O) groups excluding carboxylic acids is 1. The second kappa shape index (κ2) is 5.70. The van der Waals surface area contributed by atoms with Crippen molar-refractivity contribution >= 4 is 17.7 Å². The Kier molecular flexibility index (Phi) is 4.53. The normalized spacial score (nSPS) is 12.1. The molecule has 0 aromatic heterocycles. The number of esters is 1. The fourth-order valence-corrected chi connectivity index (χ4v) is 1.69. The van der Waals surface area contributed by atoms with E-state index in [1.165, 1.54) is 0 Å². The molecular weight excluding hydrogens is 196 g/mol. The van der Waals surface area contributed by atoms with E-state index in [9.17, 15) is 4.79 Å². The summed E-state index contributed by atoms with van der Waals surface area (Å²) in [5.74, 6) is 0.697. The van der Waals surface area contributed by atoms with Crippen molar-refractivity contribution in [2.45, 2.75) is 19.3 Å². The highest BCUT2D eigenvalue weighted by Gasteiger charge is 2.10. The molecule has 0 radical (unpaired) electrons. The molecule has 0 fully saturated rings. The summed E-state index contributed by atoms with van der Waals surface area (Å²) in [6, 6.07) is 9.04. The molecule has 0 saturated heterocycles. The monoisotopic (exact) mass is 210 g/mol. The SMILES string of the molecule is CCSC(C)OC(=O)c1ccccc1. The van der Waals surface area contributed by atoms with Crippen LogP contribution in [0.1, 0.15) is 24.2 Å². The van der Waals surface area contributed by atoms with Crippen LogP contribution in [-0.4, -0.2) is 17.2 Å². The van der Waals surface area contributed by atoms with Gasteiger partial charge in [0.2, 0.25) is 0 Å². The molecular formula is C11H14O2S. The highest BCUT2D eigenvalue weighted by Crippen LogP contribution is 2.13. The lowest BCUT2D eigenvalue weighted by Crippen LogP contribution is -2.11. The Morgan fingerprint density at radius 1 is 1.43 bits per heavy atom. The number of thioether (sulfide) groups is 1. The number of benzene rings is 1. The van der Waals surface area contributed by atoms with Gasteiger partial charge in [-0.25, -0.2) is 4.79 Å². The average molecular weight is 210 g/mol. The first kappa shape index (κ1) is 11.1. The maximum absolute atomic E-state index is 11.5. The summed E-state index contributed by atoms with van der Waals surface area (Å²) in [6.07, 6.45) is 0. The van der Waals surface area contributed by atoms with Gasteiger partial charge in [0, 0.05) is 0 Å². The third-order valence-corrected chi connectivity index (χ3v) is 2.58. The standard InChI is InChI=1S/C11H14O2S/c1-3-14-9(2)13-11(12)10-7-5-4-6-8-10/h4-9H,3H2,1-2H3. The van der Waals surface area contributed by atoms with Crippen molar-refractivity contribution in [3.8, 4) is 0 Å². The molecule has 0 aliphatic carbocycles. The van der Waals surface area contributed by atoms with Crippen LogP contribution in [0.5, 0.6) is 0 Å². The second-order valence-corrected chi connectivity index (χ2v) is 4.37. The average Bonchev–Trinajstić information content (AvgIpc) is 2.19. The first-order chi connectivity index (χ1) is 6.74. The number of carbonyl (C=O) groups is 1. The van der Waals surface area contributed by atoms with Crippen molar-refractivity contribution in [2.24, 2.45) is 0 Å². The summed E-state index contributed by atoms with van der Waals surface area (Å²) in [5.41, 5.74) is 0.531. The largest absolute Gasteiger partial charge is 0.448 e. The molecule has 1 aromatic rings. The third-order valence-electron chi connectivity index (χ3n) is 1.68. The maximum atomic E-state index is 11.5. The van der Waals surface area contributed by atoms with Gasteiger partial charge in [-0.2, -0.15) is 0 Å². The van der Waals surface area contributed by atoms with Crippen LogP contribution in [0.3, 0.4) is 0 Å². The Labute approximate surface area is 88.7 Å². The van der Waals surface area contributed by atoms with Crippen molar-refractivity contribution in [2.75, 3.05) is 5.75 Å². The molecule has 1 unspecified atom stereocenters. The summed E-state index contributed by atoms with van der Waals surface area (Å²) in [6.45, 7) is 3.92. The molecule has 1 atom stereocenters. The molecule has 0 heterocycles. The van der Waals surface area contributed by atoms with E-state index in [2.05, 4.69) is 0 Å². The topological polar surface area (TPSA) is 26.3 Å². The summed E-state index contributed by atoms with van der Waals surface area (Å²) in [4.78, 5) is 11.5. The van der Waals surface area contributed by atoms with Gasteiger partial charge in [0.25, 0.3) is 0 Å². The number of ether oxygens (including phenoxy) is 1. The van der Waals surface area contributed by atoms with Gasteiger partial charge >= 0.3 is 5.97 Å². The minimum atomic E-state index is -0.251. The van der Waals surface area contributed by atoms with Crippen LogP contribution in [0.4, 0.5) is 0 Å². The molecule has 2 nitrogen and oxygen atoms in total. The highest BCUT2D eigenvalue weighted by molar-refractivity contribution is 7.99. The highest BCUT2D eigenvalue weighted by atomic mass is 32.2. The van der Waals surface area contributed by atoms with Gasteiger partial charge in [-0.1, -0.05) is 25.1 Å². The van der Waals surface area contributed by atoms with Gasteiger partial charge in [-0.05, 0) is 24.8 Å². The number of hydrogen-bond donors (Lipinski definition) is 0. The van der Waals surface area contributed by atoms with Crippen LogP contribution in [-0.2, 0) is 4.74 Å². The molecule has 0 aliphatic rings. The van der Waals surface area contributed by atoms with Crippen LogP contribution in [0, 0.1) is 0 Å². The van der Waals surface area contributed by atoms with E-state index in [1.807, 2.05) is 32.0 Å². The van der Waals surface area contributed by atoms with Crippen LogP contribution >= 0.6 is 11.8 Å². The van der Waals surface area contributed by atoms with Crippen molar-refractivity contribution < 1.29 is 9.53 Å². The van der Waals surface area contributed by atoms with Crippen molar-refractivity contribution in [3.63, 3.8) is 0 Å². The molecule has 0 N–H and O–H groups in total. The molecule has 0 aliphatic heterocycles. The zero-order valence-electron chi connectivity index (χ0n) is 8.40.